The lowest BCUT2D eigenvalue weighted by Crippen LogP contribution is -2.29. The van der Waals surface area contributed by atoms with Crippen LogP contribution in [0, 0.1) is 11.3 Å². The molecule has 0 saturated heterocycles. The Morgan fingerprint density at radius 2 is 1.68 bits per heavy atom. The van der Waals surface area contributed by atoms with Crippen molar-refractivity contribution in [3.05, 3.63) is 77.4 Å². The Bertz CT molecular complexity index is 958. The first-order valence-electron chi connectivity index (χ1n) is 9.98. The predicted octanol–water partition coefficient (Wildman–Crippen LogP) is 5.15. The van der Waals surface area contributed by atoms with Gasteiger partial charge in [0.25, 0.3) is 0 Å². The Morgan fingerprint density at radius 1 is 1.06 bits per heavy atom. The maximum Gasteiger partial charge on any atom is 0.361 e. The maximum atomic E-state index is 13.5. The number of nitrogens with zero attached hydrogens (tertiary/aromatic N) is 2. The van der Waals surface area contributed by atoms with Crippen LogP contribution in [0.2, 0.25) is 0 Å². The molecular weight excluding hydrogens is 415 g/mol. The Kier molecular flexibility index (Phi) is 9.64. The van der Waals surface area contributed by atoms with Gasteiger partial charge >= 0.3 is 7.60 Å². The van der Waals surface area contributed by atoms with Gasteiger partial charge in [0, 0.05) is 6.92 Å². The van der Waals surface area contributed by atoms with Crippen molar-refractivity contribution in [3.8, 4) is 6.07 Å². The van der Waals surface area contributed by atoms with Crippen molar-refractivity contribution in [2.24, 2.45) is 0 Å². The SMILES string of the molecule is CCOP(=O)(OCC)C(=CCN(OCc1ccccc1)C(C)=O)c1ccc(C#N)cc1. The van der Waals surface area contributed by atoms with Crippen molar-refractivity contribution in [1.29, 1.82) is 5.26 Å². The Labute approximate surface area is 183 Å². The molecule has 0 spiro atoms. The fraction of sp³-hybridized carbons (Fsp3) is 0.304. The number of hydrogen-bond acceptors (Lipinski definition) is 6. The first-order chi connectivity index (χ1) is 14.9. The van der Waals surface area contributed by atoms with E-state index in [9.17, 15) is 9.36 Å². The summed E-state index contributed by atoms with van der Waals surface area (Å²) in [6.07, 6.45) is 1.61. The zero-order valence-corrected chi connectivity index (χ0v) is 18.9. The highest BCUT2D eigenvalue weighted by Crippen LogP contribution is 2.60. The minimum Gasteiger partial charge on any atom is -0.305 e. The second-order valence-corrected chi connectivity index (χ2v) is 8.44. The number of hydrogen-bond donors (Lipinski definition) is 0. The summed E-state index contributed by atoms with van der Waals surface area (Å²) in [5.74, 6) is -0.297. The van der Waals surface area contributed by atoms with Crippen molar-refractivity contribution in [3.63, 3.8) is 0 Å². The van der Waals surface area contributed by atoms with E-state index in [2.05, 4.69) is 6.07 Å². The Morgan fingerprint density at radius 3 is 2.19 bits per heavy atom. The normalized spacial score (nSPS) is 11.7. The van der Waals surface area contributed by atoms with E-state index in [4.69, 9.17) is 19.1 Å². The molecule has 31 heavy (non-hydrogen) atoms. The number of carbonyl (C=O) groups is 1. The van der Waals surface area contributed by atoms with Crippen LogP contribution in [0.3, 0.4) is 0 Å². The summed E-state index contributed by atoms with van der Waals surface area (Å²) in [6, 6.07) is 18.1. The van der Waals surface area contributed by atoms with E-state index in [-0.39, 0.29) is 32.3 Å². The zero-order chi connectivity index (χ0) is 22.7. The van der Waals surface area contributed by atoms with Gasteiger partial charge in [-0.3, -0.25) is 14.2 Å². The number of nitriles is 1. The molecule has 164 valence electrons. The number of amides is 1. The molecule has 0 atom stereocenters. The van der Waals surface area contributed by atoms with Gasteiger partial charge in [0.05, 0.1) is 36.7 Å². The standard InChI is InChI=1S/C23H27N2O5P/c1-4-29-31(27,30-5-2)23(22-13-11-20(17-24)12-14-22)15-16-25(19(3)26)28-18-21-9-7-6-8-10-21/h6-15H,4-5,16,18H2,1-3H3. The second-order valence-electron chi connectivity index (χ2n) is 6.45. The molecule has 0 N–H and O–H groups in total. The second kappa shape index (κ2) is 12.2. The van der Waals surface area contributed by atoms with Gasteiger partial charge < -0.3 is 9.05 Å². The molecule has 0 aliphatic heterocycles. The summed E-state index contributed by atoms with van der Waals surface area (Å²) >= 11 is 0. The average Bonchev–Trinajstić information content (AvgIpc) is 2.77. The maximum absolute atomic E-state index is 13.5. The van der Waals surface area contributed by atoms with Crippen molar-refractivity contribution in [2.45, 2.75) is 27.4 Å². The van der Waals surface area contributed by atoms with Crippen LogP contribution in [0.1, 0.15) is 37.5 Å². The molecule has 1 amide bonds. The molecule has 0 radical (unpaired) electrons. The average molecular weight is 442 g/mol. The van der Waals surface area contributed by atoms with E-state index < -0.39 is 7.60 Å². The first kappa shape index (κ1) is 24.5. The quantitative estimate of drug-likeness (QED) is 0.353. The van der Waals surface area contributed by atoms with E-state index >= 15 is 0 Å². The molecule has 0 heterocycles. The summed E-state index contributed by atoms with van der Waals surface area (Å²) in [5, 5.41) is 10.6. The first-order valence-corrected chi connectivity index (χ1v) is 11.5. The van der Waals surface area contributed by atoms with Gasteiger partial charge in [0.1, 0.15) is 6.61 Å². The fourth-order valence-electron chi connectivity index (χ4n) is 2.79. The summed E-state index contributed by atoms with van der Waals surface area (Å²) in [5.41, 5.74) is 1.97. The van der Waals surface area contributed by atoms with E-state index in [0.717, 1.165) is 5.56 Å². The number of carbonyl (C=O) groups excluding carboxylic acids is 1. The minimum atomic E-state index is -3.65. The van der Waals surface area contributed by atoms with Crippen LogP contribution in [0.5, 0.6) is 0 Å². The summed E-state index contributed by atoms with van der Waals surface area (Å²) in [7, 11) is -3.65. The third-order valence-electron chi connectivity index (χ3n) is 4.23. The summed E-state index contributed by atoms with van der Waals surface area (Å²) < 4.78 is 24.5. The third kappa shape index (κ3) is 7.16. The molecule has 0 fully saturated rings. The molecule has 8 heteroatoms. The number of hydroxylamine groups is 2. The molecule has 2 aromatic rings. The molecule has 0 aliphatic carbocycles. The largest absolute Gasteiger partial charge is 0.361 e. The monoisotopic (exact) mass is 442 g/mol. The smallest absolute Gasteiger partial charge is 0.305 e. The van der Waals surface area contributed by atoms with Crippen molar-refractivity contribution in [2.75, 3.05) is 19.8 Å². The van der Waals surface area contributed by atoms with Gasteiger partial charge in [-0.25, -0.2) is 5.06 Å². The molecule has 2 aromatic carbocycles. The van der Waals surface area contributed by atoms with Crippen LogP contribution in [-0.2, 0) is 29.9 Å². The number of rotatable bonds is 11. The summed E-state index contributed by atoms with van der Waals surface area (Å²) in [6.45, 7) is 5.49. The van der Waals surface area contributed by atoms with Gasteiger partial charge in [-0.05, 0) is 43.2 Å². The Balaban J connectivity index is 2.34. The van der Waals surface area contributed by atoms with Crippen LogP contribution < -0.4 is 0 Å². The minimum absolute atomic E-state index is 0.0433. The van der Waals surface area contributed by atoms with Crippen LogP contribution in [0.25, 0.3) is 5.31 Å². The summed E-state index contributed by atoms with van der Waals surface area (Å²) in [4.78, 5) is 17.8. The molecule has 7 nitrogen and oxygen atoms in total. The highest BCUT2D eigenvalue weighted by Gasteiger charge is 2.31. The predicted molar refractivity (Wildman–Crippen MR) is 119 cm³/mol. The van der Waals surface area contributed by atoms with Crippen molar-refractivity contribution in [1.82, 2.24) is 5.06 Å². The molecule has 0 saturated carbocycles. The van der Waals surface area contributed by atoms with Gasteiger partial charge in [0.2, 0.25) is 5.91 Å². The van der Waals surface area contributed by atoms with Gasteiger partial charge in [0.15, 0.2) is 0 Å². The van der Waals surface area contributed by atoms with Crippen molar-refractivity contribution < 1.29 is 23.2 Å². The van der Waals surface area contributed by atoms with Crippen LogP contribution in [0.15, 0.2) is 60.7 Å². The van der Waals surface area contributed by atoms with Gasteiger partial charge in [-0.1, -0.05) is 42.5 Å². The van der Waals surface area contributed by atoms with E-state index in [1.165, 1.54) is 12.0 Å². The highest BCUT2D eigenvalue weighted by atomic mass is 31.2. The fourth-order valence-corrected chi connectivity index (χ4v) is 4.59. The molecule has 0 aromatic heterocycles. The molecule has 0 aliphatic rings. The third-order valence-corrected chi connectivity index (χ3v) is 6.46. The Hall–Kier alpha value is -2.75. The van der Waals surface area contributed by atoms with Gasteiger partial charge in [-0.15, -0.1) is 0 Å². The van der Waals surface area contributed by atoms with Crippen LogP contribution in [0.4, 0.5) is 0 Å². The molecule has 0 unspecified atom stereocenters. The lowest BCUT2D eigenvalue weighted by Gasteiger charge is -2.23. The van der Waals surface area contributed by atoms with E-state index in [1.807, 2.05) is 30.3 Å². The lowest BCUT2D eigenvalue weighted by atomic mass is 10.1. The topological polar surface area (TPSA) is 88.9 Å². The highest BCUT2D eigenvalue weighted by molar-refractivity contribution is 7.65. The molecule has 0 bridgehead atoms. The number of benzene rings is 2. The molecular formula is C23H27N2O5P. The van der Waals surface area contributed by atoms with Crippen LogP contribution >= 0.6 is 7.60 Å². The van der Waals surface area contributed by atoms with Crippen LogP contribution in [-0.4, -0.2) is 30.7 Å². The van der Waals surface area contributed by atoms with Crippen molar-refractivity contribution >= 4 is 18.8 Å². The van der Waals surface area contributed by atoms with E-state index in [0.29, 0.717) is 16.4 Å². The van der Waals surface area contributed by atoms with Gasteiger partial charge in [-0.2, -0.15) is 5.26 Å². The zero-order valence-electron chi connectivity index (χ0n) is 18.0. The lowest BCUT2D eigenvalue weighted by molar-refractivity contribution is -0.185. The molecule has 2 rings (SSSR count). The van der Waals surface area contributed by atoms with E-state index in [1.54, 1.807) is 44.2 Å².